The number of benzene rings is 1. The lowest BCUT2D eigenvalue weighted by atomic mass is 9.92. The SMILES string of the molecule is CC(C)(N=C=O)c1ccc2c(c1)CCCO2. The maximum absolute atomic E-state index is 10.4. The van der Waals surface area contributed by atoms with E-state index < -0.39 is 5.54 Å². The fourth-order valence-corrected chi connectivity index (χ4v) is 1.92. The van der Waals surface area contributed by atoms with Gasteiger partial charge in [-0.3, -0.25) is 0 Å². The van der Waals surface area contributed by atoms with E-state index in [2.05, 4.69) is 11.1 Å². The van der Waals surface area contributed by atoms with Crippen LogP contribution in [0.1, 0.15) is 31.4 Å². The Balaban J connectivity index is 2.40. The molecule has 2 rings (SSSR count). The Morgan fingerprint density at radius 3 is 3.00 bits per heavy atom. The Hall–Kier alpha value is -1.60. The minimum absolute atomic E-state index is 0.506. The van der Waals surface area contributed by atoms with E-state index in [0.29, 0.717) is 0 Å². The fourth-order valence-electron chi connectivity index (χ4n) is 1.92. The lowest BCUT2D eigenvalue weighted by Crippen LogP contribution is -2.15. The maximum atomic E-state index is 10.4. The molecule has 0 aromatic heterocycles. The van der Waals surface area contributed by atoms with Crippen molar-refractivity contribution in [2.75, 3.05) is 6.61 Å². The van der Waals surface area contributed by atoms with Gasteiger partial charge in [0.15, 0.2) is 0 Å². The average molecular weight is 217 g/mol. The number of isocyanates is 1. The van der Waals surface area contributed by atoms with Gasteiger partial charge in [-0.1, -0.05) is 6.07 Å². The number of carbonyl (C=O) groups excluding carboxylic acids is 1. The first-order chi connectivity index (χ1) is 7.63. The van der Waals surface area contributed by atoms with Crippen molar-refractivity contribution < 1.29 is 9.53 Å². The average Bonchev–Trinajstić information content (AvgIpc) is 2.28. The predicted molar refractivity (Wildman–Crippen MR) is 61.4 cm³/mol. The van der Waals surface area contributed by atoms with E-state index in [-0.39, 0.29) is 0 Å². The third kappa shape index (κ3) is 2.00. The third-order valence-corrected chi connectivity index (χ3v) is 2.94. The zero-order valence-electron chi connectivity index (χ0n) is 9.62. The van der Waals surface area contributed by atoms with Crippen molar-refractivity contribution in [1.29, 1.82) is 0 Å². The van der Waals surface area contributed by atoms with Crippen LogP contribution in [0.5, 0.6) is 5.75 Å². The molecule has 3 heteroatoms. The highest BCUT2D eigenvalue weighted by molar-refractivity contribution is 5.43. The second-order valence-electron chi connectivity index (χ2n) is 4.54. The molecule has 0 atom stereocenters. The standard InChI is InChI=1S/C13H15NO2/c1-13(2,14-9-15)11-5-6-12-10(8-11)4-3-7-16-12/h5-6,8H,3-4,7H2,1-2H3. The van der Waals surface area contributed by atoms with Gasteiger partial charge in [-0.25, -0.2) is 4.79 Å². The molecule has 0 radical (unpaired) electrons. The van der Waals surface area contributed by atoms with Gasteiger partial charge in [0.05, 0.1) is 12.1 Å². The molecule has 84 valence electrons. The zero-order valence-corrected chi connectivity index (χ0v) is 9.62. The van der Waals surface area contributed by atoms with Gasteiger partial charge in [0.2, 0.25) is 6.08 Å². The first kappa shape index (κ1) is 10.9. The normalized spacial score (nSPS) is 14.6. The first-order valence-electron chi connectivity index (χ1n) is 5.49. The molecule has 1 aliphatic rings. The molecule has 0 unspecified atom stereocenters. The lowest BCUT2D eigenvalue weighted by molar-refractivity contribution is 0.288. The largest absolute Gasteiger partial charge is 0.493 e. The van der Waals surface area contributed by atoms with Crippen molar-refractivity contribution in [1.82, 2.24) is 0 Å². The Labute approximate surface area is 95.2 Å². The monoisotopic (exact) mass is 217 g/mol. The van der Waals surface area contributed by atoms with E-state index in [0.717, 1.165) is 30.8 Å². The van der Waals surface area contributed by atoms with Crippen LogP contribution in [-0.4, -0.2) is 12.7 Å². The van der Waals surface area contributed by atoms with Crippen LogP contribution in [0.15, 0.2) is 23.2 Å². The molecule has 1 aromatic rings. The van der Waals surface area contributed by atoms with Gasteiger partial charge in [-0.05, 0) is 49.9 Å². The quantitative estimate of drug-likeness (QED) is 0.564. The number of aryl methyl sites for hydroxylation is 1. The van der Waals surface area contributed by atoms with E-state index in [4.69, 9.17) is 4.74 Å². The molecule has 0 fully saturated rings. The van der Waals surface area contributed by atoms with E-state index in [1.54, 1.807) is 6.08 Å². The highest BCUT2D eigenvalue weighted by Crippen LogP contribution is 2.31. The summed E-state index contributed by atoms with van der Waals surface area (Å²) in [7, 11) is 0. The molecular formula is C13H15NO2. The van der Waals surface area contributed by atoms with Gasteiger partial charge in [0.25, 0.3) is 0 Å². The lowest BCUT2D eigenvalue weighted by Gasteiger charge is -2.22. The zero-order chi connectivity index (χ0) is 11.6. The predicted octanol–water partition coefficient (Wildman–Crippen LogP) is 2.58. The second-order valence-corrected chi connectivity index (χ2v) is 4.54. The molecule has 0 bridgehead atoms. The molecule has 1 aromatic carbocycles. The van der Waals surface area contributed by atoms with Gasteiger partial charge in [0.1, 0.15) is 5.75 Å². The van der Waals surface area contributed by atoms with Crippen LogP contribution < -0.4 is 4.74 Å². The molecule has 1 aliphatic heterocycles. The van der Waals surface area contributed by atoms with Crippen molar-refractivity contribution in [3.8, 4) is 5.75 Å². The number of rotatable bonds is 2. The van der Waals surface area contributed by atoms with Crippen LogP contribution in [0.25, 0.3) is 0 Å². The maximum Gasteiger partial charge on any atom is 0.235 e. The number of hydrogen-bond donors (Lipinski definition) is 0. The Kier molecular flexibility index (Phi) is 2.80. The van der Waals surface area contributed by atoms with Gasteiger partial charge in [0, 0.05) is 0 Å². The minimum Gasteiger partial charge on any atom is -0.493 e. The smallest absolute Gasteiger partial charge is 0.235 e. The van der Waals surface area contributed by atoms with Gasteiger partial charge in [-0.15, -0.1) is 0 Å². The Bertz CT molecular complexity index is 445. The van der Waals surface area contributed by atoms with Crippen LogP contribution >= 0.6 is 0 Å². The summed E-state index contributed by atoms with van der Waals surface area (Å²) in [6.45, 7) is 4.61. The molecular weight excluding hydrogens is 202 g/mol. The molecule has 3 nitrogen and oxygen atoms in total. The molecule has 0 aliphatic carbocycles. The van der Waals surface area contributed by atoms with E-state index in [1.165, 1.54) is 5.56 Å². The number of aliphatic imine (C=N–C) groups is 1. The summed E-state index contributed by atoms with van der Waals surface area (Å²) in [5, 5.41) is 0. The topological polar surface area (TPSA) is 38.7 Å². The first-order valence-corrected chi connectivity index (χ1v) is 5.49. The van der Waals surface area contributed by atoms with Crippen LogP contribution in [-0.2, 0) is 16.8 Å². The van der Waals surface area contributed by atoms with Crippen molar-refractivity contribution >= 4 is 6.08 Å². The molecule has 0 spiro atoms. The number of hydrogen-bond acceptors (Lipinski definition) is 3. The Morgan fingerprint density at radius 2 is 2.25 bits per heavy atom. The van der Waals surface area contributed by atoms with Crippen LogP contribution in [0.3, 0.4) is 0 Å². The van der Waals surface area contributed by atoms with Gasteiger partial charge >= 0.3 is 0 Å². The summed E-state index contributed by atoms with van der Waals surface area (Å²) in [6, 6.07) is 6.01. The Morgan fingerprint density at radius 1 is 1.44 bits per heavy atom. The molecule has 1 heterocycles. The van der Waals surface area contributed by atoms with E-state index >= 15 is 0 Å². The molecule has 0 N–H and O–H groups in total. The second kappa shape index (κ2) is 4.11. The third-order valence-electron chi connectivity index (χ3n) is 2.94. The van der Waals surface area contributed by atoms with Gasteiger partial charge in [-0.2, -0.15) is 4.99 Å². The van der Waals surface area contributed by atoms with E-state index in [9.17, 15) is 4.79 Å². The minimum atomic E-state index is -0.506. The number of fused-ring (bicyclic) bond motifs is 1. The van der Waals surface area contributed by atoms with Gasteiger partial charge < -0.3 is 4.74 Å². The summed E-state index contributed by atoms with van der Waals surface area (Å²) in [4.78, 5) is 14.2. The summed E-state index contributed by atoms with van der Waals surface area (Å²) in [6.07, 6.45) is 3.71. The van der Waals surface area contributed by atoms with Crippen molar-refractivity contribution in [2.45, 2.75) is 32.2 Å². The highest BCUT2D eigenvalue weighted by Gasteiger charge is 2.21. The molecule has 0 amide bonds. The van der Waals surface area contributed by atoms with Crippen molar-refractivity contribution in [2.24, 2.45) is 4.99 Å². The number of ether oxygens (including phenoxy) is 1. The van der Waals surface area contributed by atoms with Crippen LogP contribution in [0.2, 0.25) is 0 Å². The summed E-state index contributed by atoms with van der Waals surface area (Å²) >= 11 is 0. The number of nitrogens with zero attached hydrogens (tertiary/aromatic N) is 1. The highest BCUT2D eigenvalue weighted by atomic mass is 16.5. The van der Waals surface area contributed by atoms with Crippen molar-refractivity contribution in [3.05, 3.63) is 29.3 Å². The molecule has 0 saturated heterocycles. The van der Waals surface area contributed by atoms with E-state index in [1.807, 2.05) is 26.0 Å². The van der Waals surface area contributed by atoms with Crippen molar-refractivity contribution in [3.63, 3.8) is 0 Å². The fraction of sp³-hybridized carbons (Fsp3) is 0.462. The summed E-state index contributed by atoms with van der Waals surface area (Å²) in [5.41, 5.74) is 1.73. The summed E-state index contributed by atoms with van der Waals surface area (Å²) in [5.74, 6) is 0.959. The van der Waals surface area contributed by atoms with Crippen LogP contribution in [0.4, 0.5) is 0 Å². The summed E-state index contributed by atoms with van der Waals surface area (Å²) < 4.78 is 5.54. The van der Waals surface area contributed by atoms with Crippen LogP contribution in [0, 0.1) is 0 Å². The molecule has 0 saturated carbocycles. The molecule has 16 heavy (non-hydrogen) atoms.